The lowest BCUT2D eigenvalue weighted by Crippen LogP contribution is -2.28. The monoisotopic (exact) mass is 332 g/mol. The summed E-state index contributed by atoms with van der Waals surface area (Å²) in [5, 5.41) is 0.417. The molecule has 7 heteroatoms. The second-order valence-corrected chi connectivity index (χ2v) is 5.63. The van der Waals surface area contributed by atoms with Gasteiger partial charge in [0.25, 0.3) is 0 Å². The highest BCUT2D eigenvalue weighted by Crippen LogP contribution is 2.37. The van der Waals surface area contributed by atoms with Gasteiger partial charge in [-0.3, -0.25) is 4.90 Å². The smallest absolute Gasteiger partial charge is 0.199 e. The van der Waals surface area contributed by atoms with Gasteiger partial charge in [0.05, 0.1) is 14.2 Å². The molecule has 0 atom stereocenters. The minimum Gasteiger partial charge on any atom is -0.493 e. The Morgan fingerprint density at radius 3 is 2.67 bits per heavy atom. The SMILES string of the molecule is CCN1CC=C(c2nc(N)c3cc(OC)c(OC)c(F)c3n2)CC1. The van der Waals surface area contributed by atoms with E-state index in [0.29, 0.717) is 11.2 Å². The van der Waals surface area contributed by atoms with Gasteiger partial charge in [0.1, 0.15) is 11.3 Å². The molecule has 1 aromatic carbocycles. The van der Waals surface area contributed by atoms with Crippen molar-refractivity contribution in [3.63, 3.8) is 0 Å². The van der Waals surface area contributed by atoms with Crippen molar-refractivity contribution in [2.45, 2.75) is 13.3 Å². The second kappa shape index (κ2) is 6.60. The third-order valence-electron chi connectivity index (χ3n) is 4.33. The predicted molar refractivity (Wildman–Crippen MR) is 91.7 cm³/mol. The van der Waals surface area contributed by atoms with Crippen LogP contribution in [-0.2, 0) is 0 Å². The first-order chi connectivity index (χ1) is 11.6. The number of aromatic nitrogens is 2. The summed E-state index contributed by atoms with van der Waals surface area (Å²) in [6.45, 7) is 4.88. The zero-order valence-corrected chi connectivity index (χ0v) is 14.1. The molecule has 1 aliphatic rings. The van der Waals surface area contributed by atoms with E-state index in [1.165, 1.54) is 14.2 Å². The molecule has 0 bridgehead atoms. The summed E-state index contributed by atoms with van der Waals surface area (Å²) in [6, 6.07) is 1.60. The van der Waals surface area contributed by atoms with E-state index in [2.05, 4.69) is 27.9 Å². The second-order valence-electron chi connectivity index (χ2n) is 5.63. The highest BCUT2D eigenvalue weighted by molar-refractivity contribution is 5.92. The molecule has 0 fully saturated rings. The minimum absolute atomic E-state index is 0.0174. The van der Waals surface area contributed by atoms with Crippen molar-refractivity contribution in [3.8, 4) is 11.5 Å². The lowest BCUT2D eigenvalue weighted by atomic mass is 10.1. The number of hydrogen-bond donors (Lipinski definition) is 1. The molecule has 0 amide bonds. The summed E-state index contributed by atoms with van der Waals surface area (Å²) < 4.78 is 25.0. The van der Waals surface area contributed by atoms with Gasteiger partial charge in [0.15, 0.2) is 23.1 Å². The lowest BCUT2D eigenvalue weighted by molar-refractivity contribution is 0.318. The van der Waals surface area contributed by atoms with Crippen LogP contribution in [0.3, 0.4) is 0 Å². The molecule has 0 aliphatic carbocycles. The number of likely N-dealkylation sites (N-methyl/N-ethyl adjacent to an activating group) is 1. The van der Waals surface area contributed by atoms with Gasteiger partial charge in [-0.25, -0.2) is 14.4 Å². The summed E-state index contributed by atoms with van der Waals surface area (Å²) in [4.78, 5) is 11.1. The number of hydrogen-bond acceptors (Lipinski definition) is 6. The van der Waals surface area contributed by atoms with Crippen LogP contribution in [-0.4, -0.2) is 48.7 Å². The fraction of sp³-hybridized carbons (Fsp3) is 0.412. The Bertz CT molecular complexity index is 807. The Morgan fingerprint density at radius 2 is 2.08 bits per heavy atom. The van der Waals surface area contributed by atoms with Gasteiger partial charge >= 0.3 is 0 Å². The van der Waals surface area contributed by atoms with E-state index in [-0.39, 0.29) is 22.8 Å². The number of methoxy groups -OCH3 is 2. The van der Waals surface area contributed by atoms with Gasteiger partial charge in [0.2, 0.25) is 0 Å². The third-order valence-corrected chi connectivity index (χ3v) is 4.33. The normalized spacial score (nSPS) is 15.4. The maximum absolute atomic E-state index is 14.8. The van der Waals surface area contributed by atoms with Crippen molar-refractivity contribution in [2.75, 3.05) is 39.6 Å². The molecule has 6 nitrogen and oxygen atoms in total. The number of rotatable bonds is 4. The number of anilines is 1. The summed E-state index contributed by atoms with van der Waals surface area (Å²) >= 11 is 0. The minimum atomic E-state index is -0.589. The maximum atomic E-state index is 14.8. The van der Waals surface area contributed by atoms with Gasteiger partial charge in [-0.2, -0.15) is 0 Å². The van der Waals surface area contributed by atoms with Crippen LogP contribution in [0.5, 0.6) is 11.5 Å². The van der Waals surface area contributed by atoms with Crippen LogP contribution in [0, 0.1) is 5.82 Å². The van der Waals surface area contributed by atoms with E-state index in [4.69, 9.17) is 15.2 Å². The highest BCUT2D eigenvalue weighted by atomic mass is 19.1. The molecule has 1 aliphatic heterocycles. The van der Waals surface area contributed by atoms with E-state index in [0.717, 1.165) is 31.6 Å². The first-order valence-electron chi connectivity index (χ1n) is 7.88. The molecule has 2 aromatic rings. The third kappa shape index (κ3) is 2.75. The molecule has 0 radical (unpaired) electrons. The van der Waals surface area contributed by atoms with Gasteiger partial charge in [0, 0.05) is 18.5 Å². The molecule has 0 saturated heterocycles. The standard InChI is InChI=1S/C17H21FN4O2/c1-4-22-7-5-10(6-8-22)17-20-14-11(16(19)21-17)9-12(23-2)15(24-3)13(14)18/h5,9H,4,6-8H2,1-3H3,(H2,19,20,21). The Labute approximate surface area is 140 Å². The van der Waals surface area contributed by atoms with Crippen LogP contribution in [0.15, 0.2) is 12.1 Å². The average molecular weight is 332 g/mol. The van der Waals surface area contributed by atoms with Crippen molar-refractivity contribution in [1.29, 1.82) is 0 Å². The largest absolute Gasteiger partial charge is 0.493 e. The van der Waals surface area contributed by atoms with E-state index in [1.807, 2.05) is 0 Å². The van der Waals surface area contributed by atoms with E-state index in [1.54, 1.807) is 6.07 Å². The predicted octanol–water partition coefficient (Wildman–Crippen LogP) is 2.48. The number of halogens is 1. The van der Waals surface area contributed by atoms with Crippen molar-refractivity contribution < 1.29 is 13.9 Å². The molecule has 128 valence electrons. The van der Waals surface area contributed by atoms with Crippen molar-refractivity contribution >= 4 is 22.3 Å². The highest BCUT2D eigenvalue weighted by Gasteiger charge is 2.21. The van der Waals surface area contributed by atoms with Gasteiger partial charge in [-0.05, 0) is 24.6 Å². The molecular formula is C17H21FN4O2. The first kappa shape index (κ1) is 16.4. The van der Waals surface area contributed by atoms with E-state index in [9.17, 15) is 4.39 Å². The average Bonchev–Trinajstić information content (AvgIpc) is 2.62. The molecular weight excluding hydrogens is 311 g/mol. The van der Waals surface area contributed by atoms with E-state index < -0.39 is 5.82 Å². The fourth-order valence-electron chi connectivity index (χ4n) is 2.90. The molecule has 2 N–H and O–H groups in total. The molecule has 2 heterocycles. The van der Waals surface area contributed by atoms with Crippen molar-refractivity contribution in [1.82, 2.24) is 14.9 Å². The number of nitrogens with two attached hydrogens (primary N) is 1. The topological polar surface area (TPSA) is 73.5 Å². The van der Waals surface area contributed by atoms with Crippen LogP contribution in [0.25, 0.3) is 16.5 Å². The van der Waals surface area contributed by atoms with Crippen LogP contribution in [0.4, 0.5) is 10.2 Å². The van der Waals surface area contributed by atoms with E-state index >= 15 is 0 Å². The Kier molecular flexibility index (Phi) is 4.53. The quantitative estimate of drug-likeness (QED) is 0.927. The number of nitrogen functional groups attached to an aromatic ring is 1. The Morgan fingerprint density at radius 1 is 1.29 bits per heavy atom. The van der Waals surface area contributed by atoms with Gasteiger partial charge < -0.3 is 15.2 Å². The van der Waals surface area contributed by atoms with Crippen LogP contribution in [0.1, 0.15) is 19.2 Å². The Hall–Kier alpha value is -2.41. The van der Waals surface area contributed by atoms with Gasteiger partial charge in [-0.1, -0.05) is 13.0 Å². The van der Waals surface area contributed by atoms with Crippen molar-refractivity contribution in [2.24, 2.45) is 0 Å². The molecule has 3 rings (SSSR count). The zero-order chi connectivity index (χ0) is 17.3. The molecule has 0 saturated carbocycles. The lowest BCUT2D eigenvalue weighted by Gasteiger charge is -2.24. The van der Waals surface area contributed by atoms with Crippen LogP contribution >= 0.6 is 0 Å². The summed E-state index contributed by atoms with van der Waals surface area (Å²) in [6.07, 6.45) is 2.89. The molecule has 0 spiro atoms. The maximum Gasteiger partial charge on any atom is 0.199 e. The molecule has 24 heavy (non-hydrogen) atoms. The van der Waals surface area contributed by atoms with Crippen LogP contribution < -0.4 is 15.2 Å². The summed E-state index contributed by atoms with van der Waals surface area (Å²) in [5.41, 5.74) is 7.18. The molecule has 0 unspecified atom stereocenters. The number of nitrogens with zero attached hydrogens (tertiary/aromatic N) is 3. The zero-order valence-electron chi connectivity index (χ0n) is 14.1. The Balaban J connectivity index is 2.13. The summed E-state index contributed by atoms with van der Waals surface area (Å²) in [7, 11) is 2.84. The molecule has 1 aromatic heterocycles. The number of ether oxygens (including phenoxy) is 2. The number of fused-ring (bicyclic) bond motifs is 1. The van der Waals surface area contributed by atoms with Crippen molar-refractivity contribution in [3.05, 3.63) is 23.8 Å². The first-order valence-corrected chi connectivity index (χ1v) is 7.88. The van der Waals surface area contributed by atoms with Gasteiger partial charge in [-0.15, -0.1) is 0 Å². The van der Waals surface area contributed by atoms with Crippen LogP contribution in [0.2, 0.25) is 0 Å². The fourth-order valence-corrected chi connectivity index (χ4v) is 2.90. The number of benzene rings is 1. The summed E-state index contributed by atoms with van der Waals surface area (Å²) in [5.74, 6) is 0.397.